The molecule has 43 heavy (non-hydrogen) atoms. The van der Waals surface area contributed by atoms with E-state index in [4.69, 9.17) is 28.3 Å². The van der Waals surface area contributed by atoms with E-state index in [0.717, 1.165) is 16.7 Å². The van der Waals surface area contributed by atoms with Crippen molar-refractivity contribution in [3.8, 4) is 0 Å². The van der Waals surface area contributed by atoms with Crippen LogP contribution < -0.4 is 28.3 Å². The molecule has 3 aromatic carbocycles. The molecule has 0 spiro atoms. The van der Waals surface area contributed by atoms with Gasteiger partial charge in [0.25, 0.3) is 0 Å². The Morgan fingerprint density at radius 1 is 0.837 bits per heavy atom. The Bertz CT molecular complexity index is 1410. The third-order valence-corrected chi connectivity index (χ3v) is 7.20. The first-order chi connectivity index (χ1) is 20.6. The Morgan fingerprint density at radius 2 is 1.42 bits per heavy atom. The molecule has 226 valence electrons. The number of amidine groups is 1. The molecular weight excluding hydrogens is 544 g/mol. The number of benzene rings is 3. The van der Waals surface area contributed by atoms with Crippen LogP contribution in [0.1, 0.15) is 41.0 Å². The van der Waals surface area contributed by atoms with Gasteiger partial charge in [0, 0.05) is 25.6 Å². The van der Waals surface area contributed by atoms with Crippen molar-refractivity contribution in [2.24, 2.45) is 27.9 Å². The molecule has 3 amide bonds. The Hall–Kier alpha value is -5.19. The predicted octanol–water partition coefficient (Wildman–Crippen LogP) is 1.39. The van der Waals surface area contributed by atoms with Gasteiger partial charge >= 0.3 is 0 Å². The molecule has 1 unspecified atom stereocenters. The Morgan fingerprint density at radius 3 is 1.98 bits per heavy atom. The summed E-state index contributed by atoms with van der Waals surface area (Å²) < 4.78 is 0. The molecule has 3 aromatic rings. The number of nitrogen functional groups attached to an aromatic ring is 1. The summed E-state index contributed by atoms with van der Waals surface area (Å²) in [4.78, 5) is 45.6. The molecular formula is C32H40N8O3. The maximum Gasteiger partial charge on any atom is 0.243 e. The molecule has 0 saturated heterocycles. The van der Waals surface area contributed by atoms with Gasteiger partial charge in [0.2, 0.25) is 17.7 Å². The van der Waals surface area contributed by atoms with Gasteiger partial charge < -0.3 is 33.2 Å². The zero-order valence-electron chi connectivity index (χ0n) is 24.3. The van der Waals surface area contributed by atoms with Crippen molar-refractivity contribution < 1.29 is 14.4 Å². The number of hydrogen-bond acceptors (Lipinski definition) is 5. The number of nitrogens with one attached hydrogen (secondary N) is 2. The number of aliphatic imine (C=N–C) groups is 1. The van der Waals surface area contributed by atoms with Gasteiger partial charge in [-0.2, -0.15) is 0 Å². The Labute approximate surface area is 251 Å². The lowest BCUT2D eigenvalue weighted by Crippen LogP contribution is -2.54. The molecule has 0 radical (unpaired) electrons. The number of hydrogen-bond donors (Lipinski definition) is 6. The molecule has 3 rings (SSSR count). The van der Waals surface area contributed by atoms with Crippen molar-refractivity contribution in [1.82, 2.24) is 10.2 Å². The third kappa shape index (κ3) is 9.70. The van der Waals surface area contributed by atoms with Crippen molar-refractivity contribution in [1.29, 1.82) is 5.41 Å². The number of rotatable bonds is 15. The summed E-state index contributed by atoms with van der Waals surface area (Å²) in [5.74, 6) is -2.16. The van der Waals surface area contributed by atoms with Crippen LogP contribution in [0, 0.1) is 5.41 Å². The van der Waals surface area contributed by atoms with E-state index in [0.29, 0.717) is 18.4 Å². The van der Waals surface area contributed by atoms with E-state index in [1.54, 1.807) is 19.2 Å². The van der Waals surface area contributed by atoms with Gasteiger partial charge in [-0.3, -0.25) is 24.8 Å². The highest BCUT2D eigenvalue weighted by Gasteiger charge is 2.34. The normalized spacial score (nSPS) is 12.8. The average Bonchev–Trinajstić information content (AvgIpc) is 3.00. The van der Waals surface area contributed by atoms with Crippen molar-refractivity contribution in [3.05, 3.63) is 107 Å². The van der Waals surface area contributed by atoms with Crippen LogP contribution in [-0.4, -0.2) is 60.1 Å². The number of likely N-dealkylation sites (N-methyl/N-ethyl adjacent to an activating group) is 1. The maximum absolute atomic E-state index is 14.2. The van der Waals surface area contributed by atoms with Gasteiger partial charge in [0.05, 0.1) is 5.92 Å². The van der Waals surface area contributed by atoms with E-state index >= 15 is 0 Å². The molecule has 0 saturated carbocycles. The van der Waals surface area contributed by atoms with Crippen LogP contribution in [0.5, 0.6) is 0 Å². The highest BCUT2D eigenvalue weighted by atomic mass is 16.2. The fraction of sp³-hybridized carbons (Fsp3) is 0.281. The van der Waals surface area contributed by atoms with Gasteiger partial charge in [-0.15, -0.1) is 0 Å². The van der Waals surface area contributed by atoms with Gasteiger partial charge in [-0.25, -0.2) is 0 Å². The summed E-state index contributed by atoms with van der Waals surface area (Å²) in [6, 6.07) is 24.0. The molecule has 0 bridgehead atoms. The lowest BCUT2D eigenvalue weighted by Gasteiger charge is -2.32. The first-order valence-electron chi connectivity index (χ1n) is 14.0. The summed E-state index contributed by atoms with van der Waals surface area (Å²) in [5, 5.41) is 10.4. The molecule has 0 aliphatic carbocycles. The quantitative estimate of drug-likeness (QED) is 0.0883. The second-order valence-corrected chi connectivity index (χ2v) is 10.3. The summed E-state index contributed by atoms with van der Waals surface area (Å²) >= 11 is 0. The second kappa shape index (κ2) is 15.7. The molecule has 0 fully saturated rings. The Balaban J connectivity index is 1.90. The number of guanidine groups is 1. The zero-order valence-corrected chi connectivity index (χ0v) is 24.3. The summed E-state index contributed by atoms with van der Waals surface area (Å²) in [7, 11) is 1.60. The minimum atomic E-state index is -0.965. The minimum absolute atomic E-state index is 0.0396. The number of carbonyl (C=O) groups is 3. The van der Waals surface area contributed by atoms with E-state index in [1.807, 2.05) is 72.8 Å². The molecule has 10 N–H and O–H groups in total. The number of nitrogens with two attached hydrogens (primary N) is 4. The first-order valence-corrected chi connectivity index (χ1v) is 14.0. The zero-order chi connectivity index (χ0) is 31.4. The van der Waals surface area contributed by atoms with Crippen molar-refractivity contribution >= 4 is 29.5 Å². The van der Waals surface area contributed by atoms with E-state index in [-0.39, 0.29) is 37.1 Å². The van der Waals surface area contributed by atoms with Gasteiger partial charge in [0.15, 0.2) is 5.96 Å². The average molecular weight is 585 g/mol. The first kappa shape index (κ1) is 32.3. The number of carbonyl (C=O) groups excluding carboxylic acids is 3. The molecule has 11 heteroatoms. The standard InChI is InChI=1S/C32H40N8O3/c1-40(31(43)25(23-11-6-3-7-12-23)19-22-14-16-24(17-15-22)28(33)34)27(20-21-9-4-2-5-10-21)30(42)39-26(29(35)41)13-8-18-38-32(36)37/h2-7,9-12,14-17,25-27H,8,13,18-20H2,1H3,(H3,33,34)(H2,35,41)(H,39,42)(H4,36,37,38)/t25?,26-,27-/m0/s1. The third-order valence-electron chi connectivity index (χ3n) is 7.20. The highest BCUT2D eigenvalue weighted by molar-refractivity contribution is 5.95. The Kier molecular flexibility index (Phi) is 11.8. The molecule has 0 heterocycles. The van der Waals surface area contributed by atoms with Crippen LogP contribution in [0.2, 0.25) is 0 Å². The van der Waals surface area contributed by atoms with Gasteiger partial charge in [-0.1, -0.05) is 84.9 Å². The molecule has 0 aliphatic heterocycles. The van der Waals surface area contributed by atoms with Crippen molar-refractivity contribution in [2.45, 2.75) is 43.7 Å². The summed E-state index contributed by atoms with van der Waals surface area (Å²) in [6.45, 7) is 0.278. The van der Waals surface area contributed by atoms with E-state index < -0.39 is 29.8 Å². The van der Waals surface area contributed by atoms with E-state index in [1.165, 1.54) is 4.90 Å². The monoisotopic (exact) mass is 584 g/mol. The van der Waals surface area contributed by atoms with Crippen LogP contribution >= 0.6 is 0 Å². The van der Waals surface area contributed by atoms with Crippen LogP contribution in [-0.2, 0) is 27.2 Å². The van der Waals surface area contributed by atoms with Crippen molar-refractivity contribution in [2.75, 3.05) is 13.6 Å². The van der Waals surface area contributed by atoms with Crippen LogP contribution in [0.4, 0.5) is 0 Å². The van der Waals surface area contributed by atoms with Crippen LogP contribution in [0.25, 0.3) is 0 Å². The predicted molar refractivity (Wildman–Crippen MR) is 168 cm³/mol. The minimum Gasteiger partial charge on any atom is -0.384 e. The number of nitrogens with zero attached hydrogens (tertiary/aromatic N) is 2. The summed E-state index contributed by atoms with van der Waals surface area (Å²) in [5.41, 5.74) is 25.1. The molecule has 0 aliphatic rings. The number of primary amides is 1. The SMILES string of the molecule is CN(C(=O)C(Cc1ccc(C(=N)N)cc1)c1ccccc1)[C@@H](Cc1ccccc1)C(=O)N[C@@H](CCCN=C(N)N)C(N)=O. The topological polar surface area (TPSA) is 207 Å². The van der Waals surface area contributed by atoms with Crippen molar-refractivity contribution in [3.63, 3.8) is 0 Å². The van der Waals surface area contributed by atoms with Crippen LogP contribution in [0.15, 0.2) is 89.9 Å². The van der Waals surface area contributed by atoms with E-state index in [2.05, 4.69) is 10.3 Å². The van der Waals surface area contributed by atoms with Gasteiger partial charge in [-0.05, 0) is 36.0 Å². The molecule has 11 nitrogen and oxygen atoms in total. The largest absolute Gasteiger partial charge is 0.384 e. The molecule has 0 aromatic heterocycles. The lowest BCUT2D eigenvalue weighted by atomic mass is 9.89. The second-order valence-electron chi connectivity index (χ2n) is 10.3. The summed E-state index contributed by atoms with van der Waals surface area (Å²) in [6.07, 6.45) is 1.24. The number of amides is 3. The van der Waals surface area contributed by atoms with Gasteiger partial charge in [0.1, 0.15) is 17.9 Å². The highest BCUT2D eigenvalue weighted by Crippen LogP contribution is 2.25. The van der Waals surface area contributed by atoms with Crippen LogP contribution in [0.3, 0.4) is 0 Å². The molecule has 3 atom stereocenters. The lowest BCUT2D eigenvalue weighted by molar-refractivity contribution is -0.141. The fourth-order valence-electron chi connectivity index (χ4n) is 4.79. The van der Waals surface area contributed by atoms with E-state index in [9.17, 15) is 14.4 Å². The fourth-order valence-corrected chi connectivity index (χ4v) is 4.79. The maximum atomic E-state index is 14.2. The smallest absolute Gasteiger partial charge is 0.243 e.